The van der Waals surface area contributed by atoms with Gasteiger partial charge in [0.1, 0.15) is 6.04 Å². The summed E-state index contributed by atoms with van der Waals surface area (Å²) in [5.74, 6) is -0.171. The maximum absolute atomic E-state index is 12.2. The third-order valence-corrected chi connectivity index (χ3v) is 4.82. The molecule has 3 unspecified atom stereocenters. The molecule has 0 aromatic rings. The van der Waals surface area contributed by atoms with Crippen molar-refractivity contribution in [1.29, 1.82) is 0 Å². The van der Waals surface area contributed by atoms with E-state index in [-0.39, 0.29) is 11.3 Å². The van der Waals surface area contributed by atoms with Crippen LogP contribution in [-0.2, 0) is 9.59 Å². The molecule has 1 saturated heterocycles. The van der Waals surface area contributed by atoms with E-state index in [1.54, 1.807) is 11.8 Å². The molecule has 5 nitrogen and oxygen atoms in total. The van der Waals surface area contributed by atoms with E-state index >= 15 is 0 Å². The molecule has 0 bridgehead atoms. The number of carboxylic acid groups (broad SMARTS) is 1. The molecule has 17 heavy (non-hydrogen) atoms. The number of carbonyl (C=O) groups excluding carboxylic acids is 1. The first kappa shape index (κ1) is 12.7. The average Bonchev–Trinajstić information content (AvgIpc) is 3.05. The number of thioether (sulfide) groups is 1. The Hall–Kier alpha value is -0.750. The van der Waals surface area contributed by atoms with Crippen LogP contribution in [0, 0.1) is 5.92 Å². The Balaban J connectivity index is 2.16. The molecule has 0 radical (unpaired) electrons. The van der Waals surface area contributed by atoms with Crippen molar-refractivity contribution >= 4 is 23.6 Å². The smallest absolute Gasteiger partial charge is 0.327 e. The highest BCUT2D eigenvalue weighted by molar-refractivity contribution is 8.00. The zero-order valence-electron chi connectivity index (χ0n) is 9.83. The summed E-state index contributed by atoms with van der Waals surface area (Å²) < 4.78 is 0. The molecular weight excluding hydrogens is 240 g/mol. The lowest BCUT2D eigenvalue weighted by atomic mass is 10.1. The summed E-state index contributed by atoms with van der Waals surface area (Å²) in [6.07, 6.45) is 2.73. The van der Waals surface area contributed by atoms with E-state index in [4.69, 9.17) is 10.8 Å². The van der Waals surface area contributed by atoms with Crippen molar-refractivity contribution < 1.29 is 14.7 Å². The molecule has 1 saturated carbocycles. The summed E-state index contributed by atoms with van der Waals surface area (Å²) >= 11 is 1.58. The van der Waals surface area contributed by atoms with Gasteiger partial charge in [0.2, 0.25) is 5.91 Å². The van der Waals surface area contributed by atoms with Gasteiger partial charge in [0, 0.05) is 5.75 Å². The van der Waals surface area contributed by atoms with Gasteiger partial charge in [-0.05, 0) is 25.2 Å². The minimum absolute atomic E-state index is 0.0289. The van der Waals surface area contributed by atoms with Gasteiger partial charge in [-0.3, -0.25) is 4.79 Å². The minimum atomic E-state index is -0.919. The molecule has 96 valence electrons. The summed E-state index contributed by atoms with van der Waals surface area (Å²) in [5.41, 5.74) is 5.75. The fourth-order valence-corrected chi connectivity index (χ4v) is 3.75. The summed E-state index contributed by atoms with van der Waals surface area (Å²) in [6.45, 7) is 1.84. The van der Waals surface area contributed by atoms with Crippen molar-refractivity contribution in [3.63, 3.8) is 0 Å². The molecular formula is C11H18N2O3S. The molecule has 2 fully saturated rings. The predicted molar refractivity (Wildman–Crippen MR) is 65.5 cm³/mol. The Kier molecular flexibility index (Phi) is 3.63. The van der Waals surface area contributed by atoms with Gasteiger partial charge in [-0.2, -0.15) is 0 Å². The first-order valence-corrected chi connectivity index (χ1v) is 7.03. The highest BCUT2D eigenvalue weighted by Crippen LogP contribution is 2.45. The highest BCUT2D eigenvalue weighted by Gasteiger charge is 2.48. The average molecular weight is 258 g/mol. The fourth-order valence-electron chi connectivity index (χ4n) is 2.11. The molecule has 1 heterocycles. The molecule has 0 spiro atoms. The first-order chi connectivity index (χ1) is 8.06. The molecule has 1 amide bonds. The maximum atomic E-state index is 12.2. The van der Waals surface area contributed by atoms with Crippen molar-refractivity contribution in [1.82, 2.24) is 4.90 Å². The maximum Gasteiger partial charge on any atom is 0.327 e. The topological polar surface area (TPSA) is 83.6 Å². The molecule has 1 aliphatic carbocycles. The molecule has 2 aliphatic rings. The van der Waals surface area contributed by atoms with Gasteiger partial charge in [-0.15, -0.1) is 11.8 Å². The van der Waals surface area contributed by atoms with Crippen molar-refractivity contribution in [3.05, 3.63) is 0 Å². The van der Waals surface area contributed by atoms with Crippen molar-refractivity contribution in [2.24, 2.45) is 11.7 Å². The van der Waals surface area contributed by atoms with Gasteiger partial charge < -0.3 is 15.7 Å². The Labute approximate surface area is 105 Å². The van der Waals surface area contributed by atoms with Crippen LogP contribution in [0.2, 0.25) is 0 Å². The molecule has 0 aromatic heterocycles. The van der Waals surface area contributed by atoms with E-state index in [0.29, 0.717) is 18.1 Å². The second-order valence-electron chi connectivity index (χ2n) is 4.68. The molecule has 1 aliphatic heterocycles. The van der Waals surface area contributed by atoms with Crippen molar-refractivity contribution in [2.75, 3.05) is 5.75 Å². The number of nitrogens with two attached hydrogens (primary N) is 1. The number of aliphatic carboxylic acids is 1. The molecule has 6 heteroatoms. The number of hydrogen-bond acceptors (Lipinski definition) is 4. The summed E-state index contributed by atoms with van der Waals surface area (Å²) in [7, 11) is 0. The summed E-state index contributed by atoms with van der Waals surface area (Å²) in [6, 6.07) is -1.27. The van der Waals surface area contributed by atoms with Gasteiger partial charge >= 0.3 is 5.97 Å². The quantitative estimate of drug-likeness (QED) is 0.766. The van der Waals surface area contributed by atoms with E-state index in [9.17, 15) is 9.59 Å². The molecule has 3 atom stereocenters. The minimum Gasteiger partial charge on any atom is -0.480 e. The van der Waals surface area contributed by atoms with Gasteiger partial charge in [-0.1, -0.05) is 6.92 Å². The molecule has 2 rings (SSSR count). The monoisotopic (exact) mass is 258 g/mol. The SMILES string of the molecule is CCC(N)C(=O)N1C(C(=O)O)CSC1C1CC1. The van der Waals surface area contributed by atoms with E-state index in [2.05, 4.69) is 0 Å². The van der Waals surface area contributed by atoms with E-state index in [1.807, 2.05) is 6.92 Å². The van der Waals surface area contributed by atoms with Crippen LogP contribution >= 0.6 is 11.8 Å². The van der Waals surface area contributed by atoms with Crippen molar-refractivity contribution in [2.45, 2.75) is 43.6 Å². The number of nitrogens with zero attached hydrogens (tertiary/aromatic N) is 1. The van der Waals surface area contributed by atoms with Crippen molar-refractivity contribution in [3.8, 4) is 0 Å². The Morgan fingerprint density at radius 3 is 2.65 bits per heavy atom. The van der Waals surface area contributed by atoms with E-state index < -0.39 is 18.1 Å². The summed E-state index contributed by atoms with van der Waals surface area (Å²) in [4.78, 5) is 24.9. The predicted octanol–water partition coefficient (Wildman–Crippen LogP) is 0.488. The lowest BCUT2D eigenvalue weighted by Crippen LogP contribution is -2.52. The van der Waals surface area contributed by atoms with Gasteiger partial charge in [-0.25, -0.2) is 4.79 Å². The van der Waals surface area contributed by atoms with Crippen LogP contribution < -0.4 is 5.73 Å². The lowest BCUT2D eigenvalue weighted by Gasteiger charge is -2.29. The van der Waals surface area contributed by atoms with E-state index in [0.717, 1.165) is 12.8 Å². The van der Waals surface area contributed by atoms with Crippen LogP contribution in [0.15, 0.2) is 0 Å². The Morgan fingerprint density at radius 1 is 1.53 bits per heavy atom. The zero-order valence-corrected chi connectivity index (χ0v) is 10.7. The third-order valence-electron chi connectivity index (χ3n) is 3.36. The van der Waals surface area contributed by atoms with Crippen LogP contribution in [0.25, 0.3) is 0 Å². The number of rotatable bonds is 4. The highest BCUT2D eigenvalue weighted by atomic mass is 32.2. The Bertz CT molecular complexity index is 333. The van der Waals surface area contributed by atoms with Crippen LogP contribution in [-0.4, -0.2) is 45.1 Å². The summed E-state index contributed by atoms with van der Waals surface area (Å²) in [5, 5.41) is 9.19. The second kappa shape index (κ2) is 4.86. The number of hydrogen-bond donors (Lipinski definition) is 2. The number of carbonyl (C=O) groups is 2. The van der Waals surface area contributed by atoms with Gasteiger partial charge in [0.25, 0.3) is 0 Å². The zero-order chi connectivity index (χ0) is 12.6. The standard InChI is InChI=1S/C11H18N2O3S/c1-2-7(12)9(14)13-8(11(15)16)5-17-10(13)6-3-4-6/h6-8,10H,2-5,12H2,1H3,(H,15,16). The van der Waals surface area contributed by atoms with Gasteiger partial charge in [0.15, 0.2) is 0 Å². The Morgan fingerprint density at radius 2 is 2.18 bits per heavy atom. The van der Waals surface area contributed by atoms with Crippen LogP contribution in [0.4, 0.5) is 0 Å². The fraction of sp³-hybridized carbons (Fsp3) is 0.818. The normalized spacial score (nSPS) is 30.4. The van der Waals surface area contributed by atoms with Gasteiger partial charge in [0.05, 0.1) is 11.4 Å². The van der Waals surface area contributed by atoms with Crippen LogP contribution in [0.1, 0.15) is 26.2 Å². The lowest BCUT2D eigenvalue weighted by molar-refractivity contribution is -0.149. The number of amides is 1. The van der Waals surface area contributed by atoms with Crippen LogP contribution in [0.5, 0.6) is 0 Å². The third kappa shape index (κ3) is 2.42. The molecule has 3 N–H and O–H groups in total. The largest absolute Gasteiger partial charge is 0.480 e. The van der Waals surface area contributed by atoms with E-state index in [1.165, 1.54) is 4.90 Å². The first-order valence-electron chi connectivity index (χ1n) is 5.98. The molecule has 0 aromatic carbocycles. The number of carboxylic acids is 1. The second-order valence-corrected chi connectivity index (χ2v) is 5.83. The van der Waals surface area contributed by atoms with Crippen LogP contribution in [0.3, 0.4) is 0 Å².